The zero-order valence-electron chi connectivity index (χ0n) is 17.4. The van der Waals surface area contributed by atoms with E-state index in [2.05, 4.69) is 15.9 Å². The Morgan fingerprint density at radius 2 is 1.88 bits per heavy atom. The van der Waals surface area contributed by atoms with Gasteiger partial charge in [-0.25, -0.2) is 0 Å². The van der Waals surface area contributed by atoms with Gasteiger partial charge in [0.25, 0.3) is 0 Å². The van der Waals surface area contributed by atoms with Gasteiger partial charge >= 0.3 is 0 Å². The molecule has 0 aromatic heterocycles. The van der Waals surface area contributed by atoms with Crippen molar-refractivity contribution >= 4 is 39.3 Å². The summed E-state index contributed by atoms with van der Waals surface area (Å²) in [5.74, 6) is -3.08. The number of nitrogens with zero attached hydrogens (tertiary/aromatic N) is 1. The number of Topliss-reactive ketones (excluding diaryl/α,β-unsaturated/α-hetero) is 1. The number of phenolic OH excluding ortho intramolecular Hbond substituents is 1. The van der Waals surface area contributed by atoms with Crippen LogP contribution in [0.15, 0.2) is 51.6 Å². The normalized spacial score (nSPS) is 29.4. The number of aromatic hydroxyl groups is 1. The van der Waals surface area contributed by atoms with Gasteiger partial charge in [-0.1, -0.05) is 17.7 Å². The standard InChI is InChI=1S/C24H20BrNO6/c1-26-23(30)11-7-6-10-12(18(11)24(26)31)8-13-19(16(28)9-14(25)22(13)29)20(10)21-15(27)4-3-5-17(21)32-2/h3-6,9,11-12,18,20,27H,7-8H2,1-2H3. The average molecular weight is 498 g/mol. The number of imide groups is 1. The second kappa shape index (κ2) is 7.27. The summed E-state index contributed by atoms with van der Waals surface area (Å²) in [6.07, 6.45) is 3.71. The number of carbonyl (C=O) groups is 4. The highest BCUT2D eigenvalue weighted by molar-refractivity contribution is 9.12. The Balaban J connectivity index is 1.77. The maximum Gasteiger partial charge on any atom is 0.233 e. The second-order valence-corrected chi connectivity index (χ2v) is 9.38. The molecule has 164 valence electrons. The Morgan fingerprint density at radius 3 is 2.59 bits per heavy atom. The fourth-order valence-electron chi connectivity index (χ4n) is 5.70. The first-order chi connectivity index (χ1) is 15.3. The van der Waals surface area contributed by atoms with Crippen LogP contribution < -0.4 is 4.74 Å². The van der Waals surface area contributed by atoms with Crippen molar-refractivity contribution in [2.45, 2.75) is 18.8 Å². The van der Waals surface area contributed by atoms with Crippen molar-refractivity contribution in [2.24, 2.45) is 17.8 Å². The van der Waals surface area contributed by atoms with Gasteiger partial charge in [0.15, 0.2) is 11.6 Å². The van der Waals surface area contributed by atoms with E-state index in [0.717, 1.165) is 10.5 Å². The molecule has 1 fully saturated rings. The summed E-state index contributed by atoms with van der Waals surface area (Å²) in [4.78, 5) is 53.1. The molecule has 8 heteroatoms. The van der Waals surface area contributed by atoms with E-state index >= 15 is 0 Å². The van der Waals surface area contributed by atoms with Gasteiger partial charge in [0.1, 0.15) is 11.5 Å². The Kier molecular flexibility index (Phi) is 4.74. The third kappa shape index (κ3) is 2.71. The monoisotopic (exact) mass is 497 g/mol. The molecule has 1 aromatic carbocycles. The number of phenols is 1. The lowest BCUT2D eigenvalue weighted by Crippen LogP contribution is -2.39. The Morgan fingerprint density at radius 1 is 1.12 bits per heavy atom. The third-order valence-corrected chi connectivity index (χ3v) is 7.69. The maximum atomic E-state index is 13.2. The predicted octanol–water partition coefficient (Wildman–Crippen LogP) is 2.79. The summed E-state index contributed by atoms with van der Waals surface area (Å²) >= 11 is 3.19. The lowest BCUT2D eigenvalue weighted by atomic mass is 9.59. The first-order valence-electron chi connectivity index (χ1n) is 10.3. The van der Waals surface area contributed by atoms with Crippen molar-refractivity contribution in [3.63, 3.8) is 0 Å². The lowest BCUT2D eigenvalue weighted by Gasteiger charge is -2.42. The minimum absolute atomic E-state index is 0.0651. The molecule has 32 heavy (non-hydrogen) atoms. The van der Waals surface area contributed by atoms with Gasteiger partial charge in [0.05, 0.1) is 23.4 Å². The number of carbonyl (C=O) groups excluding carboxylic acids is 4. The van der Waals surface area contributed by atoms with Crippen LogP contribution in [0.2, 0.25) is 0 Å². The SMILES string of the molecule is COc1cccc(O)c1C1C2=CCC3C(=O)N(C)C(=O)C3C2CC2=C1C(=O)C=C(Br)C2=O. The second-order valence-electron chi connectivity index (χ2n) is 8.52. The minimum atomic E-state index is -0.747. The topological polar surface area (TPSA) is 101 Å². The van der Waals surface area contributed by atoms with E-state index in [9.17, 15) is 24.3 Å². The van der Waals surface area contributed by atoms with Crippen molar-refractivity contribution in [2.75, 3.05) is 14.2 Å². The quantitative estimate of drug-likeness (QED) is 0.383. The summed E-state index contributed by atoms with van der Waals surface area (Å²) < 4.78 is 5.67. The van der Waals surface area contributed by atoms with Crippen LogP contribution in [0.25, 0.3) is 0 Å². The van der Waals surface area contributed by atoms with Crippen molar-refractivity contribution in [1.82, 2.24) is 4.90 Å². The number of halogens is 1. The molecule has 3 aliphatic carbocycles. The van der Waals surface area contributed by atoms with Crippen molar-refractivity contribution in [3.8, 4) is 11.5 Å². The fourth-order valence-corrected chi connectivity index (χ4v) is 6.14. The summed E-state index contributed by atoms with van der Waals surface area (Å²) in [5.41, 5.74) is 1.77. The largest absolute Gasteiger partial charge is 0.507 e. The summed E-state index contributed by atoms with van der Waals surface area (Å²) in [5, 5.41) is 10.8. The van der Waals surface area contributed by atoms with E-state index in [0.29, 0.717) is 28.9 Å². The predicted molar refractivity (Wildman–Crippen MR) is 117 cm³/mol. The number of ether oxygens (including phenoxy) is 1. The van der Waals surface area contributed by atoms with Crippen LogP contribution in [-0.2, 0) is 19.2 Å². The number of allylic oxidation sites excluding steroid dienone is 6. The maximum absolute atomic E-state index is 13.2. The molecule has 0 saturated carbocycles. The number of ketones is 2. The van der Waals surface area contributed by atoms with Crippen LogP contribution in [0.4, 0.5) is 0 Å². The number of benzene rings is 1. The third-order valence-electron chi connectivity index (χ3n) is 7.10. The van der Waals surface area contributed by atoms with Crippen LogP contribution >= 0.6 is 15.9 Å². The van der Waals surface area contributed by atoms with Crippen molar-refractivity contribution < 1.29 is 29.0 Å². The Hall–Kier alpha value is -3.00. The number of hydrogen-bond acceptors (Lipinski definition) is 6. The molecule has 1 heterocycles. The number of methoxy groups -OCH3 is 1. The molecule has 4 aliphatic rings. The van der Waals surface area contributed by atoms with E-state index in [4.69, 9.17) is 4.74 Å². The molecule has 7 nitrogen and oxygen atoms in total. The molecule has 1 N–H and O–H groups in total. The number of likely N-dealkylation sites (tertiary alicyclic amines) is 1. The molecule has 4 atom stereocenters. The lowest BCUT2D eigenvalue weighted by molar-refractivity contribution is -0.138. The molecular formula is C24H20BrNO6. The zero-order valence-corrected chi connectivity index (χ0v) is 19.0. The molecule has 0 radical (unpaired) electrons. The molecule has 5 rings (SSSR count). The molecule has 0 spiro atoms. The summed E-state index contributed by atoms with van der Waals surface area (Å²) in [7, 11) is 2.95. The van der Waals surface area contributed by atoms with Crippen molar-refractivity contribution in [3.05, 3.63) is 57.1 Å². The van der Waals surface area contributed by atoms with Crippen LogP contribution in [-0.4, -0.2) is 47.5 Å². The Labute approximate surface area is 192 Å². The molecule has 2 amide bonds. The van der Waals surface area contributed by atoms with E-state index in [1.165, 1.54) is 26.3 Å². The Bertz CT molecular complexity index is 1210. The molecular weight excluding hydrogens is 478 g/mol. The van der Waals surface area contributed by atoms with Gasteiger partial charge in [-0.3, -0.25) is 24.1 Å². The van der Waals surface area contributed by atoms with Gasteiger partial charge in [-0.2, -0.15) is 0 Å². The average Bonchev–Trinajstić information content (AvgIpc) is 3.00. The highest BCUT2D eigenvalue weighted by Gasteiger charge is 2.55. The zero-order chi connectivity index (χ0) is 22.9. The smallest absolute Gasteiger partial charge is 0.233 e. The van der Waals surface area contributed by atoms with Gasteiger partial charge in [-0.15, -0.1) is 0 Å². The van der Waals surface area contributed by atoms with E-state index in [-0.39, 0.29) is 40.0 Å². The van der Waals surface area contributed by atoms with Gasteiger partial charge in [0, 0.05) is 35.8 Å². The summed E-state index contributed by atoms with van der Waals surface area (Å²) in [6, 6.07) is 4.83. The molecule has 4 unspecified atom stereocenters. The van der Waals surface area contributed by atoms with E-state index in [1.54, 1.807) is 12.1 Å². The summed E-state index contributed by atoms with van der Waals surface area (Å²) in [6.45, 7) is 0. The number of fused-ring (bicyclic) bond motifs is 3. The molecule has 1 aromatic rings. The van der Waals surface area contributed by atoms with E-state index < -0.39 is 23.7 Å². The molecule has 1 saturated heterocycles. The van der Waals surface area contributed by atoms with Crippen LogP contribution in [0, 0.1) is 17.8 Å². The van der Waals surface area contributed by atoms with Crippen LogP contribution in [0.3, 0.4) is 0 Å². The van der Waals surface area contributed by atoms with E-state index in [1.807, 2.05) is 6.08 Å². The van der Waals surface area contributed by atoms with Gasteiger partial charge < -0.3 is 9.84 Å². The first-order valence-corrected chi connectivity index (χ1v) is 11.1. The van der Waals surface area contributed by atoms with Crippen LogP contribution in [0.5, 0.6) is 11.5 Å². The molecule has 0 bridgehead atoms. The number of rotatable bonds is 2. The molecule has 1 aliphatic heterocycles. The van der Waals surface area contributed by atoms with Gasteiger partial charge in [0.2, 0.25) is 11.8 Å². The first kappa shape index (κ1) is 20.9. The highest BCUT2D eigenvalue weighted by Crippen LogP contribution is 2.57. The van der Waals surface area contributed by atoms with Gasteiger partial charge in [-0.05, 0) is 46.8 Å². The van der Waals surface area contributed by atoms with Crippen molar-refractivity contribution in [1.29, 1.82) is 0 Å². The fraction of sp³-hybridized carbons (Fsp3) is 0.333. The number of hydrogen-bond donors (Lipinski definition) is 1. The van der Waals surface area contributed by atoms with Crippen LogP contribution in [0.1, 0.15) is 24.3 Å². The highest BCUT2D eigenvalue weighted by atomic mass is 79.9. The minimum Gasteiger partial charge on any atom is -0.507 e. The number of amides is 2.